The predicted octanol–water partition coefficient (Wildman–Crippen LogP) is 2.67. The molecule has 6 nitrogen and oxygen atoms in total. The highest BCUT2D eigenvalue weighted by molar-refractivity contribution is 5.94. The monoisotopic (exact) mass is 374 g/mol. The van der Waals surface area contributed by atoms with Gasteiger partial charge in [-0.3, -0.25) is 14.4 Å². The van der Waals surface area contributed by atoms with E-state index in [4.69, 9.17) is 4.74 Å². The number of hydrogen-bond donors (Lipinski definition) is 1. The van der Waals surface area contributed by atoms with Gasteiger partial charge in [0.25, 0.3) is 5.91 Å². The van der Waals surface area contributed by atoms with E-state index >= 15 is 0 Å². The Bertz CT molecular complexity index is 694. The van der Waals surface area contributed by atoms with E-state index in [-0.39, 0.29) is 30.1 Å². The minimum Gasteiger partial charge on any atom is -0.484 e. The maximum atomic E-state index is 12.5. The summed E-state index contributed by atoms with van der Waals surface area (Å²) in [4.78, 5) is 37.7. The van der Waals surface area contributed by atoms with Gasteiger partial charge in [-0.25, -0.2) is 0 Å². The fraction of sp³-hybridized carbons (Fsp3) is 0.571. The van der Waals surface area contributed by atoms with Crippen molar-refractivity contribution < 1.29 is 19.1 Å². The van der Waals surface area contributed by atoms with E-state index in [1.54, 1.807) is 29.2 Å². The molecule has 1 atom stereocenters. The van der Waals surface area contributed by atoms with Gasteiger partial charge < -0.3 is 15.0 Å². The molecule has 27 heavy (non-hydrogen) atoms. The lowest BCUT2D eigenvalue weighted by Gasteiger charge is -2.33. The van der Waals surface area contributed by atoms with Crippen molar-refractivity contribution in [1.82, 2.24) is 10.2 Å². The van der Waals surface area contributed by atoms with Crippen LogP contribution >= 0.6 is 0 Å². The van der Waals surface area contributed by atoms with Gasteiger partial charge in [0.2, 0.25) is 5.91 Å². The van der Waals surface area contributed by atoms with Gasteiger partial charge in [0.1, 0.15) is 5.75 Å². The molecule has 0 spiro atoms. The van der Waals surface area contributed by atoms with Crippen LogP contribution in [0.1, 0.15) is 50.9 Å². The Balaban J connectivity index is 1.83. The lowest BCUT2D eigenvalue weighted by Crippen LogP contribution is -2.46. The van der Waals surface area contributed by atoms with Crippen LogP contribution in [0.5, 0.6) is 5.75 Å². The van der Waals surface area contributed by atoms with Crippen molar-refractivity contribution in [1.29, 1.82) is 0 Å². The van der Waals surface area contributed by atoms with Crippen molar-refractivity contribution in [2.45, 2.75) is 40.5 Å². The van der Waals surface area contributed by atoms with Gasteiger partial charge in [0.05, 0.1) is 0 Å². The van der Waals surface area contributed by atoms with Crippen molar-refractivity contribution in [3.8, 4) is 5.75 Å². The summed E-state index contributed by atoms with van der Waals surface area (Å²) in [7, 11) is 0. The van der Waals surface area contributed by atoms with Gasteiger partial charge in [-0.05, 0) is 37.8 Å². The zero-order valence-corrected chi connectivity index (χ0v) is 16.7. The minimum absolute atomic E-state index is 0.0274. The first-order chi connectivity index (χ1) is 12.7. The Kier molecular flexibility index (Phi) is 6.99. The summed E-state index contributed by atoms with van der Waals surface area (Å²) in [5.41, 5.74) is 0.152. The number of likely N-dealkylation sites (tertiary alicyclic amines) is 1. The largest absolute Gasteiger partial charge is 0.484 e. The molecular weight excluding hydrogens is 344 g/mol. The van der Waals surface area contributed by atoms with Crippen LogP contribution in [0.25, 0.3) is 0 Å². The van der Waals surface area contributed by atoms with Gasteiger partial charge in [0, 0.05) is 30.6 Å². The maximum Gasteiger partial charge on any atom is 0.260 e. The molecule has 0 aromatic heterocycles. The smallest absolute Gasteiger partial charge is 0.260 e. The van der Waals surface area contributed by atoms with Crippen LogP contribution in [0.15, 0.2) is 24.3 Å². The summed E-state index contributed by atoms with van der Waals surface area (Å²) in [5.74, 6) is 0.690. The van der Waals surface area contributed by atoms with Crippen LogP contribution in [0.4, 0.5) is 0 Å². The zero-order chi connectivity index (χ0) is 20.0. The van der Waals surface area contributed by atoms with Crippen LogP contribution in [0.3, 0.4) is 0 Å². The third kappa shape index (κ3) is 6.38. The molecular formula is C21H30N2O4. The molecule has 1 heterocycles. The first-order valence-electron chi connectivity index (χ1n) is 9.46. The normalized spacial score (nSPS) is 17.3. The number of carbonyl (C=O) groups excluding carboxylic acids is 3. The topological polar surface area (TPSA) is 75.7 Å². The molecule has 0 bridgehead atoms. The number of hydrogen-bond acceptors (Lipinski definition) is 4. The van der Waals surface area contributed by atoms with Crippen molar-refractivity contribution in [2.24, 2.45) is 11.3 Å². The lowest BCUT2D eigenvalue weighted by molar-refractivity contribution is -0.135. The van der Waals surface area contributed by atoms with E-state index in [9.17, 15) is 14.4 Å². The molecule has 148 valence electrons. The summed E-state index contributed by atoms with van der Waals surface area (Å²) >= 11 is 0. The number of amides is 2. The summed E-state index contributed by atoms with van der Waals surface area (Å²) < 4.78 is 5.58. The number of benzene rings is 1. The highest BCUT2D eigenvalue weighted by Gasteiger charge is 2.26. The van der Waals surface area contributed by atoms with E-state index < -0.39 is 5.41 Å². The average molecular weight is 374 g/mol. The molecule has 6 heteroatoms. The maximum absolute atomic E-state index is 12.5. The van der Waals surface area contributed by atoms with E-state index in [0.29, 0.717) is 30.9 Å². The molecule has 1 fully saturated rings. The summed E-state index contributed by atoms with van der Waals surface area (Å²) in [6, 6.07) is 6.85. The molecule has 1 aliphatic rings. The molecule has 1 N–H and O–H groups in total. The van der Waals surface area contributed by atoms with Gasteiger partial charge in [-0.15, -0.1) is 0 Å². The molecule has 2 amide bonds. The van der Waals surface area contributed by atoms with Crippen molar-refractivity contribution in [3.05, 3.63) is 29.8 Å². The third-order valence-electron chi connectivity index (χ3n) is 4.71. The van der Waals surface area contributed by atoms with E-state index in [2.05, 4.69) is 5.32 Å². The second kappa shape index (κ2) is 9.02. The van der Waals surface area contributed by atoms with E-state index in [0.717, 1.165) is 12.8 Å². The van der Waals surface area contributed by atoms with E-state index in [1.807, 2.05) is 20.8 Å². The Morgan fingerprint density at radius 1 is 1.26 bits per heavy atom. The molecule has 1 aromatic carbocycles. The molecule has 0 aliphatic carbocycles. The quantitative estimate of drug-likeness (QED) is 0.777. The number of carbonyl (C=O) groups is 3. The first kappa shape index (κ1) is 20.9. The number of rotatable bonds is 6. The molecule has 2 rings (SSSR count). The Morgan fingerprint density at radius 2 is 2.00 bits per heavy atom. The molecule has 0 saturated carbocycles. The van der Waals surface area contributed by atoms with Gasteiger partial charge in [-0.2, -0.15) is 0 Å². The number of piperidine rings is 1. The predicted molar refractivity (Wildman–Crippen MR) is 104 cm³/mol. The van der Waals surface area contributed by atoms with E-state index in [1.165, 1.54) is 6.92 Å². The average Bonchev–Trinajstić information content (AvgIpc) is 2.63. The van der Waals surface area contributed by atoms with Gasteiger partial charge >= 0.3 is 0 Å². The number of nitrogens with one attached hydrogen (secondary N) is 1. The highest BCUT2D eigenvalue weighted by Crippen LogP contribution is 2.19. The standard InChI is InChI=1S/C21H30N2O4/c1-15(24)17-8-5-9-18(11-17)27-14-19(25)23-10-6-7-16(13-23)12-22-20(26)21(2,3)4/h5,8-9,11,16H,6-7,10,12-14H2,1-4H3,(H,22,26). The van der Waals surface area contributed by atoms with Crippen LogP contribution < -0.4 is 10.1 Å². The zero-order valence-electron chi connectivity index (χ0n) is 16.7. The SMILES string of the molecule is CC(=O)c1cccc(OCC(=O)N2CCCC(CNC(=O)C(C)(C)C)C2)c1. The second-order valence-electron chi connectivity index (χ2n) is 8.18. The molecule has 1 unspecified atom stereocenters. The Morgan fingerprint density at radius 3 is 2.67 bits per heavy atom. The third-order valence-corrected chi connectivity index (χ3v) is 4.71. The number of ketones is 1. The van der Waals surface area contributed by atoms with Crippen LogP contribution in [0, 0.1) is 11.3 Å². The number of ether oxygens (including phenoxy) is 1. The molecule has 1 saturated heterocycles. The highest BCUT2D eigenvalue weighted by atomic mass is 16.5. The van der Waals surface area contributed by atoms with Gasteiger partial charge in [0.15, 0.2) is 12.4 Å². The van der Waals surface area contributed by atoms with Crippen molar-refractivity contribution in [2.75, 3.05) is 26.2 Å². The fourth-order valence-electron chi connectivity index (χ4n) is 3.00. The summed E-state index contributed by atoms with van der Waals surface area (Å²) in [6.45, 7) is 9.02. The number of nitrogens with zero attached hydrogens (tertiary/aromatic N) is 1. The summed E-state index contributed by atoms with van der Waals surface area (Å²) in [6.07, 6.45) is 1.91. The Labute approximate surface area is 161 Å². The molecule has 1 aromatic rings. The summed E-state index contributed by atoms with van der Waals surface area (Å²) in [5, 5.41) is 2.99. The van der Waals surface area contributed by atoms with Crippen molar-refractivity contribution in [3.63, 3.8) is 0 Å². The van der Waals surface area contributed by atoms with Crippen LogP contribution in [0.2, 0.25) is 0 Å². The fourth-order valence-corrected chi connectivity index (χ4v) is 3.00. The number of Topliss-reactive ketones (excluding diaryl/α,β-unsaturated/α-hetero) is 1. The van der Waals surface area contributed by atoms with Gasteiger partial charge in [-0.1, -0.05) is 32.9 Å². The second-order valence-corrected chi connectivity index (χ2v) is 8.18. The Hall–Kier alpha value is -2.37. The lowest BCUT2D eigenvalue weighted by atomic mass is 9.94. The first-order valence-corrected chi connectivity index (χ1v) is 9.46. The van der Waals surface area contributed by atoms with Crippen LogP contribution in [-0.4, -0.2) is 48.7 Å². The van der Waals surface area contributed by atoms with Crippen LogP contribution in [-0.2, 0) is 9.59 Å². The minimum atomic E-state index is -0.410. The van der Waals surface area contributed by atoms with Crippen molar-refractivity contribution >= 4 is 17.6 Å². The molecule has 0 radical (unpaired) electrons. The molecule has 1 aliphatic heterocycles.